The second-order valence-corrected chi connectivity index (χ2v) is 4.91. The Hall–Kier alpha value is -3.02. The van der Waals surface area contributed by atoms with Crippen LogP contribution in [0.2, 0.25) is 0 Å². The van der Waals surface area contributed by atoms with Crippen molar-refractivity contribution in [2.75, 3.05) is 12.3 Å². The van der Waals surface area contributed by atoms with Crippen molar-refractivity contribution >= 4 is 22.6 Å². The molecular formula is C17H15FN2O3. The van der Waals surface area contributed by atoms with E-state index >= 15 is 0 Å². The van der Waals surface area contributed by atoms with Gasteiger partial charge in [0.05, 0.1) is 12.3 Å². The number of hydrogen-bond acceptors (Lipinski definition) is 4. The lowest BCUT2D eigenvalue weighted by atomic mass is 10.2. The largest absolute Gasteiger partial charge is 0.461 e. The summed E-state index contributed by atoms with van der Waals surface area (Å²) in [6, 6.07) is 10.9. The van der Waals surface area contributed by atoms with E-state index in [-0.39, 0.29) is 5.69 Å². The van der Waals surface area contributed by atoms with E-state index in [9.17, 15) is 9.18 Å². The van der Waals surface area contributed by atoms with Crippen LogP contribution in [0.3, 0.4) is 0 Å². The lowest BCUT2D eigenvalue weighted by Gasteiger charge is -2.09. The van der Waals surface area contributed by atoms with Gasteiger partial charge in [0.15, 0.2) is 5.75 Å². The van der Waals surface area contributed by atoms with Crippen molar-refractivity contribution in [1.82, 2.24) is 4.98 Å². The van der Waals surface area contributed by atoms with Gasteiger partial charge in [-0.3, -0.25) is 0 Å². The van der Waals surface area contributed by atoms with Gasteiger partial charge < -0.3 is 20.2 Å². The highest BCUT2D eigenvalue weighted by molar-refractivity contribution is 5.97. The van der Waals surface area contributed by atoms with Gasteiger partial charge in [0.1, 0.15) is 17.3 Å². The van der Waals surface area contributed by atoms with E-state index in [0.717, 1.165) is 5.52 Å². The molecule has 3 aromatic rings. The molecule has 0 saturated heterocycles. The summed E-state index contributed by atoms with van der Waals surface area (Å²) in [7, 11) is 0. The number of rotatable bonds is 4. The van der Waals surface area contributed by atoms with E-state index in [0.29, 0.717) is 29.2 Å². The number of fused-ring (bicyclic) bond motifs is 1. The molecule has 5 nitrogen and oxygen atoms in total. The number of nitrogens with two attached hydrogens (primary N) is 1. The van der Waals surface area contributed by atoms with Crippen LogP contribution in [0.1, 0.15) is 17.4 Å². The zero-order valence-corrected chi connectivity index (χ0v) is 12.4. The van der Waals surface area contributed by atoms with E-state index < -0.39 is 11.8 Å². The number of ether oxygens (including phenoxy) is 2. The normalized spacial score (nSPS) is 10.7. The molecule has 1 heterocycles. The number of hydrogen-bond donors (Lipinski definition) is 2. The summed E-state index contributed by atoms with van der Waals surface area (Å²) < 4.78 is 23.9. The van der Waals surface area contributed by atoms with Gasteiger partial charge in [-0.15, -0.1) is 0 Å². The monoisotopic (exact) mass is 314 g/mol. The van der Waals surface area contributed by atoms with Crippen molar-refractivity contribution < 1.29 is 18.7 Å². The number of anilines is 1. The number of aromatic amines is 1. The summed E-state index contributed by atoms with van der Waals surface area (Å²) >= 11 is 0. The molecule has 118 valence electrons. The van der Waals surface area contributed by atoms with Gasteiger partial charge in [0.2, 0.25) is 0 Å². The molecule has 3 rings (SSSR count). The number of nitrogen functional groups attached to an aromatic ring is 1. The number of carbonyl (C=O) groups excluding carboxylic acids is 1. The van der Waals surface area contributed by atoms with Crippen LogP contribution in [0.5, 0.6) is 11.5 Å². The first kappa shape index (κ1) is 14.9. The second kappa shape index (κ2) is 6.00. The molecule has 0 amide bonds. The lowest BCUT2D eigenvalue weighted by Crippen LogP contribution is -2.04. The molecule has 0 unspecified atom stereocenters. The number of carbonyl (C=O) groups is 1. The lowest BCUT2D eigenvalue weighted by molar-refractivity contribution is 0.0520. The summed E-state index contributed by atoms with van der Waals surface area (Å²) in [6.07, 6.45) is 0. The first-order chi connectivity index (χ1) is 11.1. The van der Waals surface area contributed by atoms with Crippen molar-refractivity contribution in [3.8, 4) is 11.5 Å². The van der Waals surface area contributed by atoms with Crippen molar-refractivity contribution in [3.05, 3.63) is 54.0 Å². The van der Waals surface area contributed by atoms with Gasteiger partial charge in [-0.1, -0.05) is 6.07 Å². The SMILES string of the molecule is CCOC(=O)c1cc2c(Oc3ccc(F)cc3N)cccc2[nH]1. The third kappa shape index (κ3) is 2.96. The van der Waals surface area contributed by atoms with Crippen LogP contribution in [-0.4, -0.2) is 17.6 Å². The van der Waals surface area contributed by atoms with Crippen LogP contribution in [0.25, 0.3) is 10.9 Å². The van der Waals surface area contributed by atoms with Crippen molar-refractivity contribution in [1.29, 1.82) is 0 Å². The fourth-order valence-electron chi connectivity index (χ4n) is 2.27. The minimum Gasteiger partial charge on any atom is -0.461 e. The van der Waals surface area contributed by atoms with Crippen LogP contribution < -0.4 is 10.5 Å². The molecule has 23 heavy (non-hydrogen) atoms. The van der Waals surface area contributed by atoms with Crippen molar-refractivity contribution in [2.24, 2.45) is 0 Å². The van der Waals surface area contributed by atoms with Crippen LogP contribution in [0.15, 0.2) is 42.5 Å². The van der Waals surface area contributed by atoms with Crippen LogP contribution in [0.4, 0.5) is 10.1 Å². The Morgan fingerprint density at radius 1 is 1.22 bits per heavy atom. The summed E-state index contributed by atoms with van der Waals surface area (Å²) in [5.41, 5.74) is 7.02. The van der Waals surface area contributed by atoms with E-state index in [2.05, 4.69) is 4.98 Å². The molecular weight excluding hydrogens is 299 g/mol. The molecule has 0 aliphatic carbocycles. The average Bonchev–Trinajstić information content (AvgIpc) is 2.95. The fraction of sp³-hybridized carbons (Fsp3) is 0.118. The summed E-state index contributed by atoms with van der Waals surface area (Å²) in [5.74, 6) is -0.0133. The molecule has 0 spiro atoms. The predicted octanol–water partition coefficient (Wildman–Crippen LogP) is 3.86. The molecule has 2 aromatic carbocycles. The predicted molar refractivity (Wildman–Crippen MR) is 85.1 cm³/mol. The highest BCUT2D eigenvalue weighted by atomic mass is 19.1. The zero-order chi connectivity index (χ0) is 16.4. The second-order valence-electron chi connectivity index (χ2n) is 4.91. The number of benzene rings is 2. The number of halogens is 1. The van der Waals surface area contributed by atoms with Crippen LogP contribution >= 0.6 is 0 Å². The molecule has 0 fully saturated rings. The molecule has 1 aromatic heterocycles. The maximum Gasteiger partial charge on any atom is 0.354 e. The van der Waals surface area contributed by atoms with Gasteiger partial charge in [-0.25, -0.2) is 9.18 Å². The van der Waals surface area contributed by atoms with E-state index in [1.807, 2.05) is 6.07 Å². The number of esters is 1. The Bertz CT molecular complexity index is 873. The average molecular weight is 314 g/mol. The summed E-state index contributed by atoms with van der Waals surface area (Å²) in [5, 5.41) is 0.708. The van der Waals surface area contributed by atoms with Gasteiger partial charge in [0, 0.05) is 17.0 Å². The smallest absolute Gasteiger partial charge is 0.354 e. The Morgan fingerprint density at radius 2 is 2.04 bits per heavy atom. The summed E-state index contributed by atoms with van der Waals surface area (Å²) in [6.45, 7) is 2.04. The maximum atomic E-state index is 13.1. The quantitative estimate of drug-likeness (QED) is 0.566. The van der Waals surface area contributed by atoms with Gasteiger partial charge >= 0.3 is 5.97 Å². The Kier molecular flexibility index (Phi) is 3.89. The van der Waals surface area contributed by atoms with Gasteiger partial charge in [0.25, 0.3) is 0 Å². The van der Waals surface area contributed by atoms with Gasteiger partial charge in [-0.2, -0.15) is 0 Å². The van der Waals surface area contributed by atoms with E-state index in [1.165, 1.54) is 18.2 Å². The van der Waals surface area contributed by atoms with Crippen LogP contribution in [0, 0.1) is 5.82 Å². The Morgan fingerprint density at radius 3 is 2.78 bits per heavy atom. The standard InChI is InChI=1S/C17H15FN2O3/c1-2-22-17(21)14-9-11-13(20-14)4-3-5-15(11)23-16-7-6-10(18)8-12(16)19/h3-9,20H,2,19H2,1H3. The maximum absolute atomic E-state index is 13.1. The minimum atomic E-state index is -0.434. The molecule has 0 radical (unpaired) electrons. The van der Waals surface area contributed by atoms with E-state index in [4.69, 9.17) is 15.2 Å². The molecule has 0 atom stereocenters. The van der Waals surface area contributed by atoms with Crippen molar-refractivity contribution in [2.45, 2.75) is 6.92 Å². The third-order valence-electron chi connectivity index (χ3n) is 3.31. The Labute approximate surface area is 131 Å². The van der Waals surface area contributed by atoms with Gasteiger partial charge in [-0.05, 0) is 37.3 Å². The fourth-order valence-corrected chi connectivity index (χ4v) is 2.27. The zero-order valence-electron chi connectivity index (χ0n) is 12.4. The molecule has 0 bridgehead atoms. The third-order valence-corrected chi connectivity index (χ3v) is 3.31. The van der Waals surface area contributed by atoms with E-state index in [1.54, 1.807) is 25.1 Å². The Balaban J connectivity index is 1.99. The topological polar surface area (TPSA) is 77.3 Å². The number of nitrogens with one attached hydrogen (secondary N) is 1. The molecule has 0 aliphatic heterocycles. The first-order valence-corrected chi connectivity index (χ1v) is 7.10. The number of H-pyrrole nitrogens is 1. The molecule has 0 aliphatic rings. The number of aromatic nitrogens is 1. The first-order valence-electron chi connectivity index (χ1n) is 7.10. The molecule has 0 saturated carbocycles. The molecule has 6 heteroatoms. The van der Waals surface area contributed by atoms with Crippen LogP contribution in [-0.2, 0) is 4.74 Å². The highest BCUT2D eigenvalue weighted by Crippen LogP contribution is 2.33. The summed E-state index contributed by atoms with van der Waals surface area (Å²) in [4.78, 5) is 14.8. The highest BCUT2D eigenvalue weighted by Gasteiger charge is 2.14. The van der Waals surface area contributed by atoms with Crippen molar-refractivity contribution in [3.63, 3.8) is 0 Å². The minimum absolute atomic E-state index is 0.197. The molecule has 3 N–H and O–H groups in total.